The van der Waals surface area contributed by atoms with Gasteiger partial charge in [-0.05, 0) is 24.3 Å². The van der Waals surface area contributed by atoms with E-state index in [4.69, 9.17) is 10.7 Å². The zero-order chi connectivity index (χ0) is 16.9. The third-order valence-corrected chi connectivity index (χ3v) is 3.94. The van der Waals surface area contributed by atoms with E-state index in [1.54, 1.807) is 0 Å². The minimum absolute atomic E-state index is 0.740. The van der Waals surface area contributed by atoms with Crippen LogP contribution in [0, 0.1) is 0 Å². The van der Waals surface area contributed by atoms with Gasteiger partial charge in [0.25, 0.3) is 0 Å². The van der Waals surface area contributed by atoms with Crippen molar-refractivity contribution < 1.29 is 0 Å². The molecule has 0 spiro atoms. The Morgan fingerprint density at radius 2 is 1.88 bits per heavy atom. The van der Waals surface area contributed by atoms with Gasteiger partial charge in [-0.3, -0.25) is 4.90 Å². The van der Waals surface area contributed by atoms with Crippen molar-refractivity contribution in [3.8, 4) is 11.3 Å². The number of nitrogens with two attached hydrogens (primary N) is 1. The average Bonchev–Trinajstić information content (AvgIpc) is 2.94. The van der Waals surface area contributed by atoms with Gasteiger partial charge in [-0.15, -0.1) is 13.2 Å². The molecule has 1 aromatic carbocycles. The SMILES string of the molecule is C=CCN(CC=C)Cc1c(-c2cccc(N)c2)nc2ccccn12. The van der Waals surface area contributed by atoms with Gasteiger partial charge in [0.15, 0.2) is 0 Å². The highest BCUT2D eigenvalue weighted by Gasteiger charge is 2.16. The number of aromatic nitrogens is 2. The van der Waals surface area contributed by atoms with Gasteiger partial charge in [0.1, 0.15) is 5.65 Å². The van der Waals surface area contributed by atoms with E-state index < -0.39 is 0 Å². The van der Waals surface area contributed by atoms with Gasteiger partial charge >= 0.3 is 0 Å². The Labute approximate surface area is 142 Å². The summed E-state index contributed by atoms with van der Waals surface area (Å²) in [4.78, 5) is 7.10. The third kappa shape index (κ3) is 3.24. The maximum Gasteiger partial charge on any atom is 0.137 e. The number of fused-ring (bicyclic) bond motifs is 1. The minimum atomic E-state index is 0.740. The number of imidazole rings is 1. The van der Waals surface area contributed by atoms with Gasteiger partial charge in [-0.25, -0.2) is 4.98 Å². The lowest BCUT2D eigenvalue weighted by Crippen LogP contribution is -2.24. The standard InChI is InChI=1S/C20H22N4/c1-3-11-23(12-4-2)15-18-20(16-8-7-9-17(21)14-16)22-19-10-5-6-13-24(18)19/h3-10,13-14H,1-2,11-12,15,21H2. The Bertz CT molecular complexity index is 853. The molecule has 0 atom stereocenters. The van der Waals surface area contributed by atoms with E-state index in [-0.39, 0.29) is 0 Å². The highest BCUT2D eigenvalue weighted by Crippen LogP contribution is 2.27. The molecular weight excluding hydrogens is 296 g/mol. The van der Waals surface area contributed by atoms with Crippen LogP contribution < -0.4 is 5.73 Å². The van der Waals surface area contributed by atoms with E-state index in [9.17, 15) is 0 Å². The van der Waals surface area contributed by atoms with Crippen LogP contribution in [0.3, 0.4) is 0 Å². The van der Waals surface area contributed by atoms with Gasteiger partial charge in [0, 0.05) is 37.1 Å². The first-order chi connectivity index (χ1) is 11.7. The summed E-state index contributed by atoms with van der Waals surface area (Å²) in [6.45, 7) is 10.0. The summed E-state index contributed by atoms with van der Waals surface area (Å²) in [5, 5.41) is 0. The Balaban J connectivity index is 2.11. The number of nitrogen functional groups attached to an aromatic ring is 1. The first kappa shape index (κ1) is 16.0. The number of hydrogen-bond donors (Lipinski definition) is 1. The largest absolute Gasteiger partial charge is 0.399 e. The monoisotopic (exact) mass is 318 g/mol. The fourth-order valence-electron chi connectivity index (χ4n) is 2.90. The second kappa shape index (κ2) is 7.15. The van der Waals surface area contributed by atoms with Crippen LogP contribution in [0.25, 0.3) is 16.9 Å². The van der Waals surface area contributed by atoms with Crippen LogP contribution in [0.15, 0.2) is 74.0 Å². The second-order valence-electron chi connectivity index (χ2n) is 5.73. The first-order valence-corrected chi connectivity index (χ1v) is 7.99. The van der Waals surface area contributed by atoms with Crippen molar-refractivity contribution in [1.29, 1.82) is 0 Å². The summed E-state index contributed by atoms with van der Waals surface area (Å²) in [5.41, 5.74) is 10.8. The lowest BCUT2D eigenvalue weighted by atomic mass is 10.1. The van der Waals surface area contributed by atoms with Gasteiger partial charge in [-0.2, -0.15) is 0 Å². The highest BCUT2D eigenvalue weighted by molar-refractivity contribution is 5.69. The van der Waals surface area contributed by atoms with Crippen molar-refractivity contribution in [3.63, 3.8) is 0 Å². The number of nitrogens with zero attached hydrogens (tertiary/aromatic N) is 3. The molecule has 2 aromatic heterocycles. The normalized spacial score (nSPS) is 11.0. The number of benzene rings is 1. The molecule has 0 aliphatic carbocycles. The van der Waals surface area contributed by atoms with Gasteiger partial charge < -0.3 is 10.1 Å². The van der Waals surface area contributed by atoms with E-state index in [1.807, 2.05) is 60.8 Å². The molecule has 0 saturated carbocycles. The molecule has 0 aliphatic rings. The topological polar surface area (TPSA) is 46.6 Å². The molecule has 2 N–H and O–H groups in total. The zero-order valence-corrected chi connectivity index (χ0v) is 13.7. The Hall–Kier alpha value is -2.85. The lowest BCUT2D eigenvalue weighted by molar-refractivity contribution is 0.323. The summed E-state index contributed by atoms with van der Waals surface area (Å²) in [5.74, 6) is 0. The maximum absolute atomic E-state index is 5.97. The molecule has 0 radical (unpaired) electrons. The van der Waals surface area contributed by atoms with Crippen LogP contribution in [0.4, 0.5) is 5.69 Å². The Morgan fingerprint density at radius 3 is 2.58 bits per heavy atom. The van der Waals surface area contributed by atoms with Crippen LogP contribution in [0.5, 0.6) is 0 Å². The molecule has 0 bridgehead atoms. The molecular formula is C20H22N4. The Kier molecular flexibility index (Phi) is 4.77. The van der Waals surface area contributed by atoms with Crippen LogP contribution in [-0.4, -0.2) is 27.4 Å². The average molecular weight is 318 g/mol. The molecule has 4 heteroatoms. The fourth-order valence-corrected chi connectivity index (χ4v) is 2.90. The summed E-state index contributed by atoms with van der Waals surface area (Å²) in [7, 11) is 0. The lowest BCUT2D eigenvalue weighted by Gasteiger charge is -2.19. The summed E-state index contributed by atoms with van der Waals surface area (Å²) in [6, 6.07) is 13.9. The maximum atomic E-state index is 5.97. The zero-order valence-electron chi connectivity index (χ0n) is 13.7. The molecule has 24 heavy (non-hydrogen) atoms. The quantitative estimate of drug-likeness (QED) is 0.533. The summed E-state index contributed by atoms with van der Waals surface area (Å²) < 4.78 is 2.14. The van der Waals surface area contributed by atoms with Crippen molar-refractivity contribution in [3.05, 3.63) is 79.7 Å². The van der Waals surface area contributed by atoms with Crippen molar-refractivity contribution in [1.82, 2.24) is 14.3 Å². The van der Waals surface area contributed by atoms with Crippen LogP contribution >= 0.6 is 0 Å². The number of hydrogen-bond acceptors (Lipinski definition) is 3. The molecule has 0 aliphatic heterocycles. The predicted molar refractivity (Wildman–Crippen MR) is 101 cm³/mol. The number of anilines is 1. The van der Waals surface area contributed by atoms with Crippen molar-refractivity contribution >= 4 is 11.3 Å². The minimum Gasteiger partial charge on any atom is -0.399 e. The van der Waals surface area contributed by atoms with Gasteiger partial charge in [0.05, 0.1) is 11.4 Å². The van der Waals surface area contributed by atoms with Crippen LogP contribution in [-0.2, 0) is 6.54 Å². The van der Waals surface area contributed by atoms with E-state index in [0.717, 1.165) is 47.9 Å². The second-order valence-corrected chi connectivity index (χ2v) is 5.73. The molecule has 3 aromatic rings. The van der Waals surface area contributed by atoms with Crippen LogP contribution in [0.2, 0.25) is 0 Å². The number of rotatable bonds is 7. The molecule has 0 amide bonds. The smallest absolute Gasteiger partial charge is 0.137 e. The van der Waals surface area contributed by atoms with Crippen molar-refractivity contribution in [2.45, 2.75) is 6.54 Å². The molecule has 3 rings (SSSR count). The molecule has 0 unspecified atom stereocenters. The van der Waals surface area contributed by atoms with Crippen LogP contribution in [0.1, 0.15) is 5.69 Å². The van der Waals surface area contributed by atoms with E-state index in [0.29, 0.717) is 0 Å². The molecule has 2 heterocycles. The third-order valence-electron chi connectivity index (χ3n) is 3.94. The summed E-state index contributed by atoms with van der Waals surface area (Å²) in [6.07, 6.45) is 5.87. The molecule has 0 fully saturated rings. The first-order valence-electron chi connectivity index (χ1n) is 7.99. The fraction of sp³-hybridized carbons (Fsp3) is 0.150. The van der Waals surface area contributed by atoms with Crippen molar-refractivity contribution in [2.24, 2.45) is 0 Å². The molecule has 0 saturated heterocycles. The predicted octanol–water partition coefficient (Wildman–Crippen LogP) is 3.76. The van der Waals surface area contributed by atoms with Gasteiger partial charge in [0.2, 0.25) is 0 Å². The molecule has 4 nitrogen and oxygen atoms in total. The molecule has 122 valence electrons. The van der Waals surface area contributed by atoms with Gasteiger partial charge in [-0.1, -0.05) is 30.4 Å². The van der Waals surface area contributed by atoms with Crippen molar-refractivity contribution in [2.75, 3.05) is 18.8 Å². The Morgan fingerprint density at radius 1 is 1.08 bits per heavy atom. The van der Waals surface area contributed by atoms with E-state index >= 15 is 0 Å². The summed E-state index contributed by atoms with van der Waals surface area (Å²) >= 11 is 0. The highest BCUT2D eigenvalue weighted by atomic mass is 15.1. The number of pyridine rings is 1. The van der Waals surface area contributed by atoms with E-state index in [1.165, 1.54) is 0 Å². The van der Waals surface area contributed by atoms with E-state index in [2.05, 4.69) is 22.5 Å².